The molecule has 0 spiro atoms. The second-order valence-electron chi connectivity index (χ2n) is 7.11. The van der Waals surface area contributed by atoms with E-state index in [9.17, 15) is 17.9 Å². The van der Waals surface area contributed by atoms with Crippen LogP contribution >= 0.6 is 0 Å². The molecule has 9 heteroatoms. The van der Waals surface area contributed by atoms with E-state index in [2.05, 4.69) is 9.97 Å². The smallest absolute Gasteiger partial charge is 0.244 e. The summed E-state index contributed by atoms with van der Waals surface area (Å²) in [6.07, 6.45) is 4.04. The Hall–Kier alpha value is -2.88. The zero-order valence-corrected chi connectivity index (χ0v) is 16.9. The van der Waals surface area contributed by atoms with Gasteiger partial charge in [-0.1, -0.05) is 24.3 Å². The number of anilines is 1. The van der Waals surface area contributed by atoms with Crippen LogP contribution < -0.4 is 5.73 Å². The average molecular weight is 428 g/mol. The monoisotopic (exact) mass is 428 g/mol. The molecule has 2 heterocycles. The van der Waals surface area contributed by atoms with Crippen molar-refractivity contribution in [2.75, 3.05) is 18.9 Å². The van der Waals surface area contributed by atoms with Gasteiger partial charge in [-0.2, -0.15) is 4.31 Å². The number of rotatable bonds is 5. The molecule has 1 saturated heterocycles. The molecule has 1 aliphatic heterocycles. The van der Waals surface area contributed by atoms with E-state index in [1.807, 2.05) is 0 Å². The second-order valence-corrected chi connectivity index (χ2v) is 8.97. The van der Waals surface area contributed by atoms with Crippen molar-refractivity contribution in [3.05, 3.63) is 60.7 Å². The second kappa shape index (κ2) is 8.10. The molecule has 1 aromatic heterocycles. The Bertz CT molecular complexity index is 1170. The fraction of sp³-hybridized carbons (Fsp3) is 0.238. The summed E-state index contributed by atoms with van der Waals surface area (Å²) in [5, 5.41) is 9.55. The number of aromatic nitrogens is 2. The first-order chi connectivity index (χ1) is 14.4. The van der Waals surface area contributed by atoms with Gasteiger partial charge in [-0.3, -0.25) is 4.98 Å². The van der Waals surface area contributed by atoms with Crippen LogP contribution in [0.1, 0.15) is 12.8 Å². The molecule has 0 aliphatic carbocycles. The van der Waals surface area contributed by atoms with Crippen LogP contribution in [0, 0.1) is 5.82 Å². The van der Waals surface area contributed by atoms with Crippen LogP contribution in [0.5, 0.6) is 0 Å². The van der Waals surface area contributed by atoms with Gasteiger partial charge in [-0.25, -0.2) is 17.8 Å². The summed E-state index contributed by atoms with van der Waals surface area (Å²) in [7, 11) is -3.84. The first kappa shape index (κ1) is 20.4. The van der Waals surface area contributed by atoms with E-state index >= 15 is 0 Å². The lowest BCUT2D eigenvalue weighted by Crippen LogP contribution is -2.37. The summed E-state index contributed by atoms with van der Waals surface area (Å²) in [6.45, 7) is 0.123. The van der Waals surface area contributed by atoms with Crippen molar-refractivity contribution in [2.45, 2.75) is 23.8 Å². The molecule has 3 N–H and O–H groups in total. The summed E-state index contributed by atoms with van der Waals surface area (Å²) in [5.74, 6) is -0.314. The molecule has 156 valence electrons. The minimum absolute atomic E-state index is 0.0878. The summed E-state index contributed by atoms with van der Waals surface area (Å²) in [5.41, 5.74) is 6.93. The number of aliphatic hydroxyl groups is 1. The molecule has 3 aromatic rings. The van der Waals surface area contributed by atoms with Crippen LogP contribution in [0.3, 0.4) is 0 Å². The number of nitrogens with zero attached hydrogens (tertiary/aromatic N) is 3. The maximum absolute atomic E-state index is 14.9. The first-order valence-corrected chi connectivity index (χ1v) is 11.0. The minimum atomic E-state index is -3.84. The first-order valence-electron chi connectivity index (χ1n) is 9.51. The van der Waals surface area contributed by atoms with Gasteiger partial charge < -0.3 is 10.8 Å². The summed E-state index contributed by atoms with van der Waals surface area (Å²) in [4.78, 5) is 8.10. The third-order valence-electron chi connectivity index (χ3n) is 5.24. The zero-order valence-electron chi connectivity index (χ0n) is 16.1. The molecular weight excluding hydrogens is 407 g/mol. The molecule has 0 bridgehead atoms. The van der Waals surface area contributed by atoms with E-state index in [4.69, 9.17) is 5.73 Å². The Morgan fingerprint density at radius 3 is 2.63 bits per heavy atom. The molecule has 7 nitrogen and oxygen atoms in total. The maximum atomic E-state index is 14.9. The number of benzene rings is 2. The largest absolute Gasteiger partial charge is 0.395 e. The van der Waals surface area contributed by atoms with Crippen molar-refractivity contribution in [3.63, 3.8) is 0 Å². The van der Waals surface area contributed by atoms with Crippen LogP contribution in [0.2, 0.25) is 0 Å². The highest BCUT2D eigenvalue weighted by Crippen LogP contribution is 2.34. The number of hydrogen-bond acceptors (Lipinski definition) is 6. The van der Waals surface area contributed by atoms with Gasteiger partial charge in [0.25, 0.3) is 0 Å². The van der Waals surface area contributed by atoms with E-state index in [1.165, 1.54) is 28.8 Å². The number of nitrogens with two attached hydrogens (primary N) is 1. The highest BCUT2D eigenvalue weighted by Gasteiger charge is 2.36. The third kappa shape index (κ3) is 3.67. The van der Waals surface area contributed by atoms with E-state index in [0.29, 0.717) is 36.2 Å². The molecule has 1 atom stereocenters. The Morgan fingerprint density at radius 1 is 1.13 bits per heavy atom. The molecule has 0 amide bonds. The predicted octanol–water partition coefficient (Wildman–Crippen LogP) is 2.68. The molecule has 0 radical (unpaired) electrons. The van der Waals surface area contributed by atoms with Crippen LogP contribution in [0.25, 0.3) is 22.4 Å². The normalized spacial score (nSPS) is 17.3. The van der Waals surface area contributed by atoms with Gasteiger partial charge in [0.1, 0.15) is 11.6 Å². The van der Waals surface area contributed by atoms with Gasteiger partial charge in [0.2, 0.25) is 10.0 Å². The summed E-state index contributed by atoms with van der Waals surface area (Å²) < 4.78 is 42.8. The average Bonchev–Trinajstić information content (AvgIpc) is 3.24. The van der Waals surface area contributed by atoms with E-state index < -0.39 is 21.9 Å². The van der Waals surface area contributed by atoms with E-state index in [0.717, 1.165) is 0 Å². The van der Waals surface area contributed by atoms with Gasteiger partial charge in [0.15, 0.2) is 0 Å². The van der Waals surface area contributed by atoms with Gasteiger partial charge in [0.05, 0.1) is 29.6 Å². The molecule has 30 heavy (non-hydrogen) atoms. The molecular formula is C21H21FN4O3S. The lowest BCUT2D eigenvalue weighted by Gasteiger charge is -2.24. The predicted molar refractivity (Wildman–Crippen MR) is 111 cm³/mol. The van der Waals surface area contributed by atoms with Gasteiger partial charge >= 0.3 is 0 Å². The maximum Gasteiger partial charge on any atom is 0.244 e. The molecule has 1 aliphatic rings. The fourth-order valence-electron chi connectivity index (χ4n) is 3.73. The molecule has 1 fully saturated rings. The van der Waals surface area contributed by atoms with Crippen molar-refractivity contribution in [1.29, 1.82) is 0 Å². The zero-order chi connectivity index (χ0) is 21.3. The van der Waals surface area contributed by atoms with Crippen LogP contribution in [-0.4, -0.2) is 47.0 Å². The van der Waals surface area contributed by atoms with Crippen molar-refractivity contribution >= 4 is 15.8 Å². The van der Waals surface area contributed by atoms with Crippen molar-refractivity contribution in [2.24, 2.45) is 0 Å². The minimum Gasteiger partial charge on any atom is -0.395 e. The Morgan fingerprint density at radius 2 is 1.93 bits per heavy atom. The summed E-state index contributed by atoms with van der Waals surface area (Å²) >= 11 is 0. The van der Waals surface area contributed by atoms with Crippen molar-refractivity contribution < 1.29 is 17.9 Å². The van der Waals surface area contributed by atoms with Crippen LogP contribution in [0.4, 0.5) is 10.2 Å². The summed E-state index contributed by atoms with van der Waals surface area (Å²) in [6, 6.07) is 10.5. The number of sulfonamides is 1. The number of nitrogen functional groups attached to an aromatic ring is 1. The molecule has 2 aromatic carbocycles. The van der Waals surface area contributed by atoms with Gasteiger partial charge in [-0.15, -0.1) is 0 Å². The topological polar surface area (TPSA) is 109 Å². The van der Waals surface area contributed by atoms with E-state index in [1.54, 1.807) is 30.3 Å². The Kier molecular flexibility index (Phi) is 5.50. The lowest BCUT2D eigenvalue weighted by atomic mass is 10.0. The lowest BCUT2D eigenvalue weighted by molar-refractivity contribution is 0.213. The third-order valence-corrected chi connectivity index (χ3v) is 7.25. The number of aliphatic hydroxyl groups excluding tert-OH is 1. The van der Waals surface area contributed by atoms with Crippen molar-refractivity contribution in [3.8, 4) is 22.4 Å². The van der Waals surface area contributed by atoms with Gasteiger partial charge in [-0.05, 0) is 36.6 Å². The van der Waals surface area contributed by atoms with E-state index in [-0.39, 0.29) is 22.9 Å². The van der Waals surface area contributed by atoms with Crippen molar-refractivity contribution in [1.82, 2.24) is 14.3 Å². The fourth-order valence-corrected chi connectivity index (χ4v) is 5.63. The SMILES string of the molecule is Nc1cnc(-c2ccc(-c3ccccc3S(=O)(=O)N3CCC[C@H]3CO)cc2F)cn1. The molecule has 4 rings (SSSR count). The number of hydrogen-bond donors (Lipinski definition) is 2. The quantitative estimate of drug-likeness (QED) is 0.647. The molecule has 0 saturated carbocycles. The van der Waals surface area contributed by atoms with Gasteiger partial charge in [0, 0.05) is 23.7 Å². The highest BCUT2D eigenvalue weighted by molar-refractivity contribution is 7.89. The van der Waals surface area contributed by atoms with Crippen LogP contribution in [-0.2, 0) is 10.0 Å². The number of halogens is 1. The Labute approximate surface area is 174 Å². The molecule has 0 unspecified atom stereocenters. The Balaban J connectivity index is 1.76. The highest BCUT2D eigenvalue weighted by atomic mass is 32.2. The standard InChI is InChI=1S/C21H21FN4O3S/c22-18-10-14(7-8-17(18)19-11-25-21(23)12-24-19)16-5-1-2-6-20(16)30(28,29)26-9-3-4-15(26)13-27/h1-2,5-8,10-12,15,27H,3-4,9,13H2,(H2,23,25)/t15-/m0/s1. The van der Waals surface area contributed by atoms with Crippen LogP contribution in [0.15, 0.2) is 59.8 Å².